The Morgan fingerprint density at radius 1 is 1.56 bits per heavy atom. The van der Waals surface area contributed by atoms with E-state index < -0.39 is 0 Å². The maximum Gasteiger partial charge on any atom is 0.160 e. The quantitative estimate of drug-likeness (QED) is 0.482. The van der Waals surface area contributed by atoms with Crippen LogP contribution in [-0.4, -0.2) is 11.2 Å². The van der Waals surface area contributed by atoms with Crippen LogP contribution in [-0.2, 0) is 4.74 Å². The lowest BCUT2D eigenvalue weighted by molar-refractivity contribution is 0.207. The third-order valence-electron chi connectivity index (χ3n) is 1.57. The fourth-order valence-electron chi connectivity index (χ4n) is 1.04. The average molecular weight is 144 g/mol. The number of hydrogen-bond donors (Lipinski definition) is 0. The maximum absolute atomic E-state index is 5.34. The standard InChI is InChI=1S/C7H12OS/c1-6-4-2-3-5-7(9)8-6/h6H,2-5H2,1H3. The molecule has 2 heteroatoms. The van der Waals surface area contributed by atoms with E-state index in [0.717, 1.165) is 11.5 Å². The highest BCUT2D eigenvalue weighted by atomic mass is 32.1. The Morgan fingerprint density at radius 2 is 2.33 bits per heavy atom. The first kappa shape index (κ1) is 7.00. The molecule has 1 aliphatic heterocycles. The van der Waals surface area contributed by atoms with Crippen LogP contribution in [0.1, 0.15) is 32.6 Å². The van der Waals surface area contributed by atoms with Crippen molar-refractivity contribution in [3.8, 4) is 0 Å². The Balaban J connectivity index is 2.37. The average Bonchev–Trinajstić information content (AvgIpc) is 1.93. The lowest BCUT2D eigenvalue weighted by Gasteiger charge is -2.08. The van der Waals surface area contributed by atoms with Crippen LogP contribution >= 0.6 is 12.2 Å². The van der Waals surface area contributed by atoms with Crippen molar-refractivity contribution in [2.45, 2.75) is 38.7 Å². The van der Waals surface area contributed by atoms with E-state index >= 15 is 0 Å². The van der Waals surface area contributed by atoms with Crippen LogP contribution in [0.15, 0.2) is 0 Å². The van der Waals surface area contributed by atoms with Crippen LogP contribution in [0.2, 0.25) is 0 Å². The molecule has 1 rings (SSSR count). The van der Waals surface area contributed by atoms with Gasteiger partial charge in [-0.15, -0.1) is 0 Å². The topological polar surface area (TPSA) is 9.23 Å². The second kappa shape index (κ2) is 3.16. The molecule has 1 nitrogen and oxygen atoms in total. The molecule has 0 aromatic rings. The lowest BCUT2D eigenvalue weighted by atomic mass is 10.2. The largest absolute Gasteiger partial charge is 0.484 e. The Bertz CT molecular complexity index is 111. The van der Waals surface area contributed by atoms with Gasteiger partial charge in [-0.1, -0.05) is 0 Å². The summed E-state index contributed by atoms with van der Waals surface area (Å²) >= 11 is 4.95. The Labute approximate surface area is 61.4 Å². The molecule has 0 aliphatic carbocycles. The molecule has 9 heavy (non-hydrogen) atoms. The Morgan fingerprint density at radius 3 is 3.11 bits per heavy atom. The van der Waals surface area contributed by atoms with E-state index in [0.29, 0.717) is 6.10 Å². The van der Waals surface area contributed by atoms with Gasteiger partial charge in [-0.3, -0.25) is 0 Å². The van der Waals surface area contributed by atoms with Gasteiger partial charge in [0.1, 0.15) is 0 Å². The molecule has 1 saturated heterocycles. The van der Waals surface area contributed by atoms with Gasteiger partial charge in [-0.2, -0.15) is 0 Å². The molecule has 1 unspecified atom stereocenters. The number of rotatable bonds is 0. The van der Waals surface area contributed by atoms with E-state index in [4.69, 9.17) is 17.0 Å². The van der Waals surface area contributed by atoms with Gasteiger partial charge in [0.05, 0.1) is 6.10 Å². The van der Waals surface area contributed by atoms with Crippen LogP contribution in [0.25, 0.3) is 0 Å². The lowest BCUT2D eigenvalue weighted by Crippen LogP contribution is -2.08. The van der Waals surface area contributed by atoms with Crippen molar-refractivity contribution in [2.24, 2.45) is 0 Å². The summed E-state index contributed by atoms with van der Waals surface area (Å²) in [6.07, 6.45) is 4.99. The van der Waals surface area contributed by atoms with Gasteiger partial charge < -0.3 is 4.74 Å². The molecular formula is C7H12OS. The normalized spacial score (nSPS) is 29.0. The molecular weight excluding hydrogens is 132 g/mol. The summed E-state index contributed by atoms with van der Waals surface area (Å²) in [6, 6.07) is 0. The monoisotopic (exact) mass is 144 g/mol. The summed E-state index contributed by atoms with van der Waals surface area (Å²) in [6.45, 7) is 2.08. The van der Waals surface area contributed by atoms with E-state index in [1.54, 1.807) is 0 Å². The molecule has 0 radical (unpaired) electrons. The van der Waals surface area contributed by atoms with Gasteiger partial charge in [0.15, 0.2) is 5.05 Å². The summed E-state index contributed by atoms with van der Waals surface area (Å²) in [5.41, 5.74) is 0. The highest BCUT2D eigenvalue weighted by molar-refractivity contribution is 7.80. The summed E-state index contributed by atoms with van der Waals surface area (Å²) < 4.78 is 5.34. The molecule has 1 heterocycles. The van der Waals surface area contributed by atoms with Crippen LogP contribution in [0.5, 0.6) is 0 Å². The number of thiocarbonyl (C=S) groups is 1. The molecule has 1 aliphatic rings. The van der Waals surface area contributed by atoms with Crippen LogP contribution in [0, 0.1) is 0 Å². The molecule has 52 valence electrons. The molecule has 0 spiro atoms. The third-order valence-corrected chi connectivity index (χ3v) is 1.87. The molecule has 0 aromatic carbocycles. The molecule has 0 saturated carbocycles. The minimum absolute atomic E-state index is 0.361. The van der Waals surface area contributed by atoms with Gasteiger partial charge in [0, 0.05) is 6.42 Å². The maximum atomic E-state index is 5.34. The molecule has 0 N–H and O–H groups in total. The van der Waals surface area contributed by atoms with Gasteiger partial charge in [0.25, 0.3) is 0 Å². The van der Waals surface area contributed by atoms with Crippen molar-refractivity contribution in [3.63, 3.8) is 0 Å². The first-order chi connectivity index (χ1) is 4.29. The van der Waals surface area contributed by atoms with Crippen molar-refractivity contribution in [3.05, 3.63) is 0 Å². The summed E-state index contributed by atoms with van der Waals surface area (Å²) in [7, 11) is 0. The van der Waals surface area contributed by atoms with Gasteiger partial charge >= 0.3 is 0 Å². The SMILES string of the molecule is CC1CCCCC(=S)O1. The smallest absolute Gasteiger partial charge is 0.160 e. The van der Waals surface area contributed by atoms with Crippen LogP contribution in [0.4, 0.5) is 0 Å². The Kier molecular flexibility index (Phi) is 2.46. The van der Waals surface area contributed by atoms with E-state index in [9.17, 15) is 0 Å². The van der Waals surface area contributed by atoms with Crippen molar-refractivity contribution in [2.75, 3.05) is 0 Å². The third kappa shape index (κ3) is 2.31. The Hall–Kier alpha value is -0.110. The van der Waals surface area contributed by atoms with Crippen LogP contribution < -0.4 is 0 Å². The number of hydrogen-bond acceptors (Lipinski definition) is 2. The van der Waals surface area contributed by atoms with E-state index in [1.807, 2.05) is 0 Å². The van der Waals surface area contributed by atoms with Crippen molar-refractivity contribution < 1.29 is 4.74 Å². The molecule has 0 bridgehead atoms. The predicted octanol–water partition coefficient (Wildman–Crippen LogP) is 2.29. The van der Waals surface area contributed by atoms with E-state index in [2.05, 4.69) is 6.92 Å². The fraction of sp³-hybridized carbons (Fsp3) is 0.857. The van der Waals surface area contributed by atoms with Crippen molar-refractivity contribution in [1.29, 1.82) is 0 Å². The second-order valence-electron chi connectivity index (χ2n) is 2.55. The minimum atomic E-state index is 0.361. The van der Waals surface area contributed by atoms with Gasteiger partial charge in [-0.05, 0) is 38.4 Å². The first-order valence-corrected chi connectivity index (χ1v) is 3.89. The summed E-state index contributed by atoms with van der Waals surface area (Å²) in [5, 5.41) is 0.806. The highest BCUT2D eigenvalue weighted by Crippen LogP contribution is 2.13. The minimum Gasteiger partial charge on any atom is -0.484 e. The second-order valence-corrected chi connectivity index (χ2v) is 3.00. The fourth-order valence-corrected chi connectivity index (χ4v) is 1.35. The molecule has 1 fully saturated rings. The van der Waals surface area contributed by atoms with Crippen molar-refractivity contribution in [1.82, 2.24) is 0 Å². The van der Waals surface area contributed by atoms with E-state index in [-0.39, 0.29) is 0 Å². The molecule has 1 atom stereocenters. The first-order valence-electron chi connectivity index (χ1n) is 3.48. The molecule has 0 aromatic heterocycles. The number of ether oxygens (including phenoxy) is 1. The predicted molar refractivity (Wildman–Crippen MR) is 41.6 cm³/mol. The zero-order valence-electron chi connectivity index (χ0n) is 5.72. The molecule has 0 amide bonds. The zero-order chi connectivity index (χ0) is 6.69. The summed E-state index contributed by atoms with van der Waals surface area (Å²) in [4.78, 5) is 0. The zero-order valence-corrected chi connectivity index (χ0v) is 6.54. The van der Waals surface area contributed by atoms with E-state index in [1.165, 1.54) is 19.3 Å². The van der Waals surface area contributed by atoms with Gasteiger partial charge in [-0.25, -0.2) is 0 Å². The highest BCUT2D eigenvalue weighted by Gasteiger charge is 2.10. The van der Waals surface area contributed by atoms with Crippen LogP contribution in [0.3, 0.4) is 0 Å². The van der Waals surface area contributed by atoms with Crippen molar-refractivity contribution >= 4 is 17.3 Å². The summed E-state index contributed by atoms with van der Waals surface area (Å²) in [5.74, 6) is 0. The van der Waals surface area contributed by atoms with Gasteiger partial charge in [0.2, 0.25) is 0 Å².